The largest absolute Gasteiger partial charge is 0.234 e. The lowest BCUT2D eigenvalue weighted by Gasteiger charge is -2.18. The number of rotatable bonds is 2. The Hall–Kier alpha value is 0.170. The molecule has 1 aliphatic rings. The molecule has 0 bridgehead atoms. The van der Waals surface area contributed by atoms with Gasteiger partial charge in [0.05, 0.1) is 4.75 Å². The second-order valence-electron chi connectivity index (χ2n) is 5.01. The van der Waals surface area contributed by atoms with Crippen molar-refractivity contribution in [1.82, 2.24) is 0 Å². The van der Waals surface area contributed by atoms with Gasteiger partial charge in [-0.15, -0.1) is 0 Å². The molecule has 0 radical (unpaired) electrons. The first-order valence-corrected chi connectivity index (χ1v) is 6.57. The fourth-order valence-corrected chi connectivity index (χ4v) is 2.18. The van der Waals surface area contributed by atoms with Crippen LogP contribution in [0, 0.1) is 5.92 Å². The van der Waals surface area contributed by atoms with Crippen LogP contribution in [-0.4, -0.2) is 15.2 Å². The summed E-state index contributed by atoms with van der Waals surface area (Å²) in [6.07, 6.45) is 8.35. The molecular formula is C11H23NOS2. The van der Waals surface area contributed by atoms with E-state index < -0.39 is 11.0 Å². The Morgan fingerprint density at radius 2 is 1.73 bits per heavy atom. The lowest BCUT2D eigenvalue weighted by Crippen LogP contribution is -2.20. The average Bonchev–Trinajstić information content (AvgIpc) is 2.14. The molecule has 1 saturated carbocycles. The molecule has 1 aliphatic carbocycles. The van der Waals surface area contributed by atoms with Crippen molar-refractivity contribution in [2.24, 2.45) is 10.3 Å². The lowest BCUT2D eigenvalue weighted by atomic mass is 9.90. The van der Waals surface area contributed by atoms with Crippen LogP contribution in [-0.2, 0) is 11.0 Å². The molecule has 0 N–H and O–H groups in total. The number of nitrogens with zero attached hydrogens (tertiary/aromatic N) is 1. The van der Waals surface area contributed by atoms with Gasteiger partial charge in [-0.05, 0) is 39.5 Å². The van der Waals surface area contributed by atoms with E-state index in [0.717, 1.165) is 0 Å². The van der Waals surface area contributed by atoms with Gasteiger partial charge in [-0.3, -0.25) is 0 Å². The van der Waals surface area contributed by atoms with E-state index in [-0.39, 0.29) is 18.2 Å². The highest BCUT2D eigenvalue weighted by Gasteiger charge is 2.19. The van der Waals surface area contributed by atoms with Gasteiger partial charge in [-0.25, -0.2) is 4.21 Å². The summed E-state index contributed by atoms with van der Waals surface area (Å²) >= 11 is 0. The molecule has 90 valence electrons. The molecule has 1 unspecified atom stereocenters. The molecule has 1 fully saturated rings. The van der Waals surface area contributed by atoms with Gasteiger partial charge in [0.1, 0.15) is 11.0 Å². The van der Waals surface area contributed by atoms with Gasteiger partial charge in [0.15, 0.2) is 0 Å². The Labute approximate surface area is 103 Å². The van der Waals surface area contributed by atoms with E-state index in [1.54, 1.807) is 0 Å². The maximum atomic E-state index is 11.6. The summed E-state index contributed by atoms with van der Waals surface area (Å²) in [5.74, 6) is 0.579. The smallest absolute Gasteiger partial charge is 0.144 e. The average molecular weight is 249 g/mol. The van der Waals surface area contributed by atoms with Gasteiger partial charge in [0.25, 0.3) is 0 Å². The molecule has 0 amide bonds. The molecule has 0 aliphatic heterocycles. The van der Waals surface area contributed by atoms with Crippen molar-refractivity contribution >= 4 is 30.7 Å². The summed E-state index contributed by atoms with van der Waals surface area (Å²) in [7, 11) is -1.07. The van der Waals surface area contributed by atoms with E-state index in [1.165, 1.54) is 32.1 Å². The summed E-state index contributed by atoms with van der Waals surface area (Å²) < 4.78 is 15.6. The molecule has 15 heavy (non-hydrogen) atoms. The Balaban J connectivity index is 0.00000196. The predicted octanol–water partition coefficient (Wildman–Crippen LogP) is 3.21. The zero-order valence-electron chi connectivity index (χ0n) is 9.95. The maximum Gasteiger partial charge on any atom is 0.144 e. The Morgan fingerprint density at radius 3 is 2.20 bits per heavy atom. The Kier molecular flexibility index (Phi) is 6.76. The second-order valence-corrected chi connectivity index (χ2v) is 6.95. The van der Waals surface area contributed by atoms with Crippen molar-refractivity contribution < 1.29 is 4.21 Å². The fraction of sp³-hybridized carbons (Fsp3) is 0.909. The highest BCUT2D eigenvalue weighted by Crippen LogP contribution is 2.22. The van der Waals surface area contributed by atoms with E-state index in [9.17, 15) is 4.21 Å². The minimum absolute atomic E-state index is 0. The van der Waals surface area contributed by atoms with Crippen LogP contribution in [0.15, 0.2) is 4.40 Å². The van der Waals surface area contributed by atoms with Crippen molar-refractivity contribution in [3.8, 4) is 0 Å². The van der Waals surface area contributed by atoms with Gasteiger partial charge in [-0.1, -0.05) is 19.3 Å². The Morgan fingerprint density at radius 1 is 1.20 bits per heavy atom. The van der Waals surface area contributed by atoms with E-state index in [0.29, 0.717) is 5.92 Å². The molecule has 0 aromatic heterocycles. The summed E-state index contributed by atoms with van der Waals surface area (Å²) in [5, 5.41) is 0. The zero-order chi connectivity index (χ0) is 10.6. The molecule has 1 atom stereocenters. The highest BCUT2D eigenvalue weighted by molar-refractivity contribution is 7.85. The van der Waals surface area contributed by atoms with E-state index >= 15 is 0 Å². The molecular weight excluding hydrogens is 226 g/mol. The van der Waals surface area contributed by atoms with Gasteiger partial charge in [-0.2, -0.15) is 17.9 Å². The van der Waals surface area contributed by atoms with Crippen LogP contribution >= 0.6 is 13.5 Å². The molecule has 0 spiro atoms. The predicted molar refractivity (Wildman–Crippen MR) is 73.3 cm³/mol. The maximum absolute atomic E-state index is 11.6. The summed E-state index contributed by atoms with van der Waals surface area (Å²) in [5.41, 5.74) is 0. The zero-order valence-corrected chi connectivity index (χ0v) is 11.8. The minimum atomic E-state index is -1.07. The molecule has 0 saturated heterocycles. The monoisotopic (exact) mass is 249 g/mol. The van der Waals surface area contributed by atoms with Crippen LogP contribution in [0.1, 0.15) is 52.9 Å². The fourth-order valence-electron chi connectivity index (χ4n) is 1.58. The van der Waals surface area contributed by atoms with Crippen LogP contribution in [0.3, 0.4) is 0 Å². The molecule has 0 aromatic rings. The normalized spacial score (nSPS) is 21.3. The van der Waals surface area contributed by atoms with Crippen molar-refractivity contribution in [3.05, 3.63) is 0 Å². The van der Waals surface area contributed by atoms with Crippen LogP contribution in [0.4, 0.5) is 0 Å². The first-order valence-electron chi connectivity index (χ1n) is 5.46. The summed E-state index contributed by atoms with van der Waals surface area (Å²) in [4.78, 5) is 0. The lowest BCUT2D eigenvalue weighted by molar-refractivity contribution is 0.445. The minimum Gasteiger partial charge on any atom is -0.234 e. The molecule has 2 nitrogen and oxygen atoms in total. The molecule has 0 heterocycles. The van der Waals surface area contributed by atoms with E-state index in [4.69, 9.17) is 0 Å². The number of hydrogen-bond acceptors (Lipinski definition) is 1. The molecule has 4 heteroatoms. The van der Waals surface area contributed by atoms with Crippen LogP contribution < -0.4 is 0 Å². The topological polar surface area (TPSA) is 29.4 Å². The van der Waals surface area contributed by atoms with Crippen LogP contribution in [0.5, 0.6) is 0 Å². The van der Waals surface area contributed by atoms with Gasteiger partial charge in [0.2, 0.25) is 0 Å². The van der Waals surface area contributed by atoms with Gasteiger partial charge in [0, 0.05) is 6.21 Å². The highest BCUT2D eigenvalue weighted by atomic mass is 32.2. The van der Waals surface area contributed by atoms with E-state index in [1.807, 2.05) is 27.0 Å². The van der Waals surface area contributed by atoms with Gasteiger partial charge < -0.3 is 0 Å². The van der Waals surface area contributed by atoms with Crippen molar-refractivity contribution in [1.29, 1.82) is 0 Å². The standard InChI is InChI=1S/C11H21NOS.H2S/c1-11(2,3)14(13)12-9-10-7-5-4-6-8-10;/h9-10H,4-8H2,1-3H3;1H2. The summed E-state index contributed by atoms with van der Waals surface area (Å²) in [6, 6.07) is 0. The van der Waals surface area contributed by atoms with Crippen molar-refractivity contribution in [3.63, 3.8) is 0 Å². The quantitative estimate of drug-likeness (QED) is 0.691. The Bertz CT molecular complexity index is 227. The SMILES string of the molecule is CC(C)(C)S(=O)N=CC1CCCCC1.S. The third kappa shape index (κ3) is 5.71. The molecule has 0 aromatic carbocycles. The first kappa shape index (κ1) is 15.2. The van der Waals surface area contributed by atoms with Crippen LogP contribution in [0.25, 0.3) is 0 Å². The summed E-state index contributed by atoms with van der Waals surface area (Å²) in [6.45, 7) is 5.88. The van der Waals surface area contributed by atoms with Crippen molar-refractivity contribution in [2.75, 3.05) is 0 Å². The molecule has 1 rings (SSSR count). The second kappa shape index (κ2) is 6.69. The third-order valence-electron chi connectivity index (χ3n) is 2.54. The van der Waals surface area contributed by atoms with Gasteiger partial charge >= 0.3 is 0 Å². The number of hydrogen-bond donors (Lipinski definition) is 0. The third-order valence-corrected chi connectivity index (χ3v) is 3.90. The van der Waals surface area contributed by atoms with E-state index in [2.05, 4.69) is 4.40 Å². The van der Waals surface area contributed by atoms with Crippen LogP contribution in [0.2, 0.25) is 0 Å². The van der Waals surface area contributed by atoms with Crippen molar-refractivity contribution in [2.45, 2.75) is 57.6 Å². The first-order chi connectivity index (χ1) is 6.50.